The van der Waals surface area contributed by atoms with Crippen molar-refractivity contribution in [1.82, 2.24) is 9.97 Å². The Balaban J connectivity index is 2.08. The second-order valence-corrected chi connectivity index (χ2v) is 4.42. The molecule has 1 aliphatic heterocycles. The first kappa shape index (κ1) is 11.5. The van der Waals surface area contributed by atoms with Gasteiger partial charge in [-0.2, -0.15) is 4.98 Å². The number of nitrogen functional groups attached to an aromatic ring is 2. The highest BCUT2D eigenvalue weighted by molar-refractivity contribution is 5.79. The largest absolute Gasteiger partial charge is 0.382 e. The molecule has 96 valence electrons. The number of nitrogens with two attached hydrogens (primary N) is 3. The summed E-state index contributed by atoms with van der Waals surface area (Å²) >= 11 is 0. The van der Waals surface area contributed by atoms with E-state index in [0.717, 1.165) is 5.56 Å². The van der Waals surface area contributed by atoms with E-state index >= 15 is 0 Å². The summed E-state index contributed by atoms with van der Waals surface area (Å²) in [6, 6.07) is 9.68. The van der Waals surface area contributed by atoms with Crippen molar-refractivity contribution >= 4 is 23.5 Å². The molecular formula is C13H14N6. The maximum atomic E-state index is 6.36. The predicted octanol–water partition coefficient (Wildman–Crippen LogP) is 0.891. The second kappa shape index (κ2) is 3.96. The van der Waals surface area contributed by atoms with Crippen LogP contribution in [0, 0.1) is 0 Å². The lowest BCUT2D eigenvalue weighted by Crippen LogP contribution is -2.44. The number of rotatable bonds is 1. The Morgan fingerprint density at radius 1 is 1.05 bits per heavy atom. The Bertz CT molecular complexity index is 652. The van der Waals surface area contributed by atoms with Crippen molar-refractivity contribution in [1.29, 1.82) is 0 Å². The lowest BCUT2D eigenvalue weighted by molar-refractivity contribution is 0.646. The summed E-state index contributed by atoms with van der Waals surface area (Å²) in [5, 5.41) is 3.17. The van der Waals surface area contributed by atoms with Gasteiger partial charge in [0.2, 0.25) is 5.95 Å². The van der Waals surface area contributed by atoms with Gasteiger partial charge in [-0.3, -0.25) is 0 Å². The Morgan fingerprint density at radius 2 is 1.79 bits per heavy atom. The van der Waals surface area contributed by atoms with Crippen LogP contribution in [0.2, 0.25) is 0 Å². The molecule has 1 aromatic heterocycles. The number of benzene rings is 1. The standard InChI is InChI=1S/C13H14N6/c14-11-10-9(17-12(15)18-11)6-7-13(16,19-10)8-4-2-1-3-5-8/h1-7,19H,16H2,(H4,14,15,17,18). The number of nitrogens with zero attached hydrogens (tertiary/aromatic N) is 2. The van der Waals surface area contributed by atoms with Crippen LogP contribution in [0.4, 0.5) is 17.5 Å². The fraction of sp³-hybridized carbons (Fsp3) is 0.0769. The van der Waals surface area contributed by atoms with E-state index in [1.807, 2.05) is 36.4 Å². The molecule has 0 spiro atoms. The number of aromatic nitrogens is 2. The zero-order valence-electron chi connectivity index (χ0n) is 10.2. The summed E-state index contributed by atoms with van der Waals surface area (Å²) in [6.07, 6.45) is 3.63. The van der Waals surface area contributed by atoms with Crippen molar-refractivity contribution in [2.24, 2.45) is 5.73 Å². The topological polar surface area (TPSA) is 116 Å². The zero-order valence-corrected chi connectivity index (χ0v) is 10.2. The van der Waals surface area contributed by atoms with E-state index in [4.69, 9.17) is 17.2 Å². The SMILES string of the molecule is Nc1nc(N)c2c(n1)C=CC(N)(c1ccccc1)N2. The molecule has 19 heavy (non-hydrogen) atoms. The average Bonchev–Trinajstić information content (AvgIpc) is 2.41. The van der Waals surface area contributed by atoms with E-state index in [1.54, 1.807) is 6.08 Å². The van der Waals surface area contributed by atoms with Crippen LogP contribution in [-0.4, -0.2) is 9.97 Å². The number of anilines is 3. The molecule has 6 nitrogen and oxygen atoms in total. The summed E-state index contributed by atoms with van der Waals surface area (Å²) in [4.78, 5) is 8.05. The van der Waals surface area contributed by atoms with Gasteiger partial charge in [0, 0.05) is 0 Å². The lowest BCUT2D eigenvalue weighted by Gasteiger charge is -2.32. The van der Waals surface area contributed by atoms with Crippen LogP contribution in [0.1, 0.15) is 11.3 Å². The molecule has 0 fully saturated rings. The summed E-state index contributed by atoms with van der Waals surface area (Å²) in [7, 11) is 0. The molecule has 1 unspecified atom stereocenters. The highest BCUT2D eigenvalue weighted by Crippen LogP contribution is 2.33. The van der Waals surface area contributed by atoms with Crippen molar-refractivity contribution in [2.45, 2.75) is 5.66 Å². The Labute approximate surface area is 110 Å². The van der Waals surface area contributed by atoms with Crippen LogP contribution in [0.15, 0.2) is 36.4 Å². The van der Waals surface area contributed by atoms with Gasteiger partial charge in [0.25, 0.3) is 0 Å². The molecule has 0 amide bonds. The van der Waals surface area contributed by atoms with Crippen molar-refractivity contribution in [2.75, 3.05) is 16.8 Å². The molecule has 1 aromatic carbocycles. The highest BCUT2D eigenvalue weighted by Gasteiger charge is 2.29. The summed E-state index contributed by atoms with van der Waals surface area (Å²) < 4.78 is 0. The highest BCUT2D eigenvalue weighted by atomic mass is 15.2. The molecule has 1 aliphatic rings. The molecule has 1 atom stereocenters. The predicted molar refractivity (Wildman–Crippen MR) is 75.8 cm³/mol. The molecule has 3 rings (SSSR count). The molecule has 0 bridgehead atoms. The molecule has 0 saturated heterocycles. The maximum absolute atomic E-state index is 6.36. The van der Waals surface area contributed by atoms with E-state index < -0.39 is 5.66 Å². The quantitative estimate of drug-likeness (QED) is 0.600. The monoisotopic (exact) mass is 254 g/mol. The first-order chi connectivity index (χ1) is 9.08. The van der Waals surface area contributed by atoms with Gasteiger partial charge < -0.3 is 22.5 Å². The fourth-order valence-electron chi connectivity index (χ4n) is 2.10. The molecule has 2 aromatic rings. The van der Waals surface area contributed by atoms with Gasteiger partial charge in [-0.15, -0.1) is 0 Å². The smallest absolute Gasteiger partial charge is 0.222 e. The molecule has 7 N–H and O–H groups in total. The number of nitrogens with one attached hydrogen (secondary N) is 1. The van der Waals surface area contributed by atoms with Crippen LogP contribution in [-0.2, 0) is 5.66 Å². The molecule has 0 radical (unpaired) electrons. The maximum Gasteiger partial charge on any atom is 0.222 e. The number of hydrogen-bond acceptors (Lipinski definition) is 6. The van der Waals surface area contributed by atoms with Crippen LogP contribution in [0.3, 0.4) is 0 Å². The Morgan fingerprint density at radius 3 is 2.53 bits per heavy atom. The third kappa shape index (κ3) is 1.88. The van der Waals surface area contributed by atoms with Crippen LogP contribution >= 0.6 is 0 Å². The van der Waals surface area contributed by atoms with Crippen molar-refractivity contribution in [3.63, 3.8) is 0 Å². The minimum atomic E-state index is -0.831. The van der Waals surface area contributed by atoms with Gasteiger partial charge in [0.15, 0.2) is 5.82 Å². The normalized spacial score (nSPS) is 20.7. The summed E-state index contributed by atoms with van der Waals surface area (Å²) in [6.45, 7) is 0. The fourth-order valence-corrected chi connectivity index (χ4v) is 2.10. The van der Waals surface area contributed by atoms with Crippen molar-refractivity contribution in [3.8, 4) is 0 Å². The van der Waals surface area contributed by atoms with Gasteiger partial charge in [-0.05, 0) is 17.7 Å². The van der Waals surface area contributed by atoms with Crippen LogP contribution in [0.5, 0.6) is 0 Å². The Hall–Kier alpha value is -2.60. The first-order valence-corrected chi connectivity index (χ1v) is 5.83. The van der Waals surface area contributed by atoms with E-state index in [-0.39, 0.29) is 11.8 Å². The second-order valence-electron chi connectivity index (χ2n) is 4.42. The molecule has 0 saturated carbocycles. The molecule has 0 aliphatic carbocycles. The van der Waals surface area contributed by atoms with E-state index in [0.29, 0.717) is 11.4 Å². The summed E-state index contributed by atoms with van der Waals surface area (Å²) in [5.74, 6) is 0.435. The average molecular weight is 254 g/mol. The van der Waals surface area contributed by atoms with Gasteiger partial charge in [-0.25, -0.2) is 4.98 Å². The van der Waals surface area contributed by atoms with Gasteiger partial charge in [-0.1, -0.05) is 30.3 Å². The minimum absolute atomic E-state index is 0.145. The molecule has 2 heterocycles. The lowest BCUT2D eigenvalue weighted by atomic mass is 9.96. The number of hydrogen-bond donors (Lipinski definition) is 4. The summed E-state index contributed by atoms with van der Waals surface area (Å²) in [5.41, 5.74) is 19.1. The van der Waals surface area contributed by atoms with E-state index in [9.17, 15) is 0 Å². The van der Waals surface area contributed by atoms with Gasteiger partial charge in [0.1, 0.15) is 11.4 Å². The van der Waals surface area contributed by atoms with Crippen LogP contribution < -0.4 is 22.5 Å². The van der Waals surface area contributed by atoms with Crippen LogP contribution in [0.25, 0.3) is 6.08 Å². The molecular weight excluding hydrogens is 240 g/mol. The third-order valence-electron chi connectivity index (χ3n) is 3.07. The number of fused-ring (bicyclic) bond motifs is 1. The van der Waals surface area contributed by atoms with Crippen molar-refractivity contribution in [3.05, 3.63) is 47.7 Å². The minimum Gasteiger partial charge on any atom is -0.382 e. The Kier molecular flexibility index (Phi) is 2.39. The third-order valence-corrected chi connectivity index (χ3v) is 3.07. The van der Waals surface area contributed by atoms with E-state index in [2.05, 4.69) is 15.3 Å². The zero-order chi connectivity index (χ0) is 13.5. The van der Waals surface area contributed by atoms with Crippen molar-refractivity contribution < 1.29 is 0 Å². The first-order valence-electron chi connectivity index (χ1n) is 5.83. The van der Waals surface area contributed by atoms with Gasteiger partial charge in [0.05, 0.1) is 5.69 Å². The molecule has 6 heteroatoms. The van der Waals surface area contributed by atoms with E-state index in [1.165, 1.54) is 0 Å². The van der Waals surface area contributed by atoms with Gasteiger partial charge >= 0.3 is 0 Å².